The number of para-hydroxylation sites is 2. The van der Waals surface area contributed by atoms with Crippen LogP contribution in [0.3, 0.4) is 0 Å². The highest BCUT2D eigenvalue weighted by atomic mass is 16.5. The molecule has 0 radical (unpaired) electrons. The molecule has 3 N–H and O–H groups in total. The molecule has 0 aliphatic carbocycles. The average molecular weight is 285 g/mol. The number of ether oxygens (including phenoxy) is 1. The summed E-state index contributed by atoms with van der Waals surface area (Å²) in [6.45, 7) is -0.0499. The predicted molar refractivity (Wildman–Crippen MR) is 85.7 cm³/mol. The molecule has 0 spiro atoms. The van der Waals surface area contributed by atoms with Crippen LogP contribution in [0.2, 0.25) is 0 Å². The third-order valence-corrected chi connectivity index (χ3v) is 2.91. The van der Waals surface area contributed by atoms with Gasteiger partial charge >= 0.3 is 0 Å². The smallest absolute Gasteiger partial charge is 0.262 e. The molecule has 5 heteroatoms. The van der Waals surface area contributed by atoms with Crippen molar-refractivity contribution in [3.8, 4) is 5.75 Å². The standard InChI is InChI=1S/C16H19N3O2/c1-19(2)15-6-4-3-5-14(15)18-16(20)11-21-13-9-7-12(17)8-10-13/h3-10H,11,17H2,1-2H3,(H,18,20). The van der Waals surface area contributed by atoms with Crippen LogP contribution in [0.15, 0.2) is 48.5 Å². The molecule has 0 unspecified atom stereocenters. The van der Waals surface area contributed by atoms with Gasteiger partial charge in [-0.2, -0.15) is 0 Å². The average Bonchev–Trinajstić information content (AvgIpc) is 2.47. The van der Waals surface area contributed by atoms with E-state index >= 15 is 0 Å². The van der Waals surface area contributed by atoms with Gasteiger partial charge in [-0.15, -0.1) is 0 Å². The number of carbonyl (C=O) groups excluding carboxylic acids is 1. The molecule has 0 heterocycles. The van der Waals surface area contributed by atoms with Crippen molar-refractivity contribution in [1.29, 1.82) is 0 Å². The van der Waals surface area contributed by atoms with Crippen LogP contribution in [0, 0.1) is 0 Å². The summed E-state index contributed by atoms with van der Waals surface area (Å²) >= 11 is 0. The van der Waals surface area contributed by atoms with E-state index in [1.54, 1.807) is 24.3 Å². The van der Waals surface area contributed by atoms with Gasteiger partial charge in [0, 0.05) is 19.8 Å². The molecule has 110 valence electrons. The molecule has 0 saturated carbocycles. The molecule has 0 aliphatic heterocycles. The second kappa shape index (κ2) is 6.65. The minimum absolute atomic E-state index is 0.0499. The number of nitrogens with two attached hydrogens (primary N) is 1. The number of benzene rings is 2. The Morgan fingerprint density at radius 1 is 1.14 bits per heavy atom. The number of hydrogen-bond donors (Lipinski definition) is 2. The zero-order valence-electron chi connectivity index (χ0n) is 12.2. The van der Waals surface area contributed by atoms with Gasteiger partial charge in [-0.05, 0) is 36.4 Å². The first kappa shape index (κ1) is 14.7. The Morgan fingerprint density at radius 3 is 2.48 bits per heavy atom. The highest BCUT2D eigenvalue weighted by molar-refractivity contribution is 5.95. The summed E-state index contributed by atoms with van der Waals surface area (Å²) < 4.78 is 5.41. The van der Waals surface area contributed by atoms with Gasteiger partial charge in [-0.3, -0.25) is 4.79 Å². The van der Waals surface area contributed by atoms with Crippen molar-refractivity contribution in [2.45, 2.75) is 0 Å². The summed E-state index contributed by atoms with van der Waals surface area (Å²) in [5, 5.41) is 2.84. The lowest BCUT2D eigenvalue weighted by Gasteiger charge is -2.17. The highest BCUT2D eigenvalue weighted by Gasteiger charge is 2.08. The molecular formula is C16H19N3O2. The molecule has 0 saturated heterocycles. The Balaban J connectivity index is 1.94. The maximum Gasteiger partial charge on any atom is 0.262 e. The number of nitrogens with one attached hydrogen (secondary N) is 1. The minimum Gasteiger partial charge on any atom is -0.484 e. The van der Waals surface area contributed by atoms with Gasteiger partial charge in [-0.25, -0.2) is 0 Å². The van der Waals surface area contributed by atoms with Crippen LogP contribution in [0.5, 0.6) is 5.75 Å². The first-order chi connectivity index (χ1) is 10.1. The van der Waals surface area contributed by atoms with Crippen molar-refractivity contribution in [2.24, 2.45) is 0 Å². The van der Waals surface area contributed by atoms with E-state index in [-0.39, 0.29) is 12.5 Å². The summed E-state index contributed by atoms with van der Waals surface area (Å²) in [7, 11) is 3.85. The van der Waals surface area contributed by atoms with Crippen LogP contribution in [-0.4, -0.2) is 26.6 Å². The Bertz CT molecular complexity index is 609. The highest BCUT2D eigenvalue weighted by Crippen LogP contribution is 2.23. The van der Waals surface area contributed by atoms with E-state index in [0.717, 1.165) is 11.4 Å². The van der Waals surface area contributed by atoms with E-state index in [4.69, 9.17) is 10.5 Å². The van der Waals surface area contributed by atoms with Crippen molar-refractivity contribution in [1.82, 2.24) is 0 Å². The van der Waals surface area contributed by atoms with E-state index in [1.807, 2.05) is 43.3 Å². The number of nitrogens with zero attached hydrogens (tertiary/aromatic N) is 1. The van der Waals surface area contributed by atoms with E-state index in [9.17, 15) is 4.79 Å². The molecule has 21 heavy (non-hydrogen) atoms. The molecule has 0 fully saturated rings. The zero-order valence-corrected chi connectivity index (χ0v) is 12.2. The second-order valence-corrected chi connectivity index (χ2v) is 4.82. The zero-order chi connectivity index (χ0) is 15.2. The van der Waals surface area contributed by atoms with E-state index < -0.39 is 0 Å². The predicted octanol–water partition coefficient (Wildman–Crippen LogP) is 2.35. The van der Waals surface area contributed by atoms with Gasteiger partial charge in [0.05, 0.1) is 11.4 Å². The van der Waals surface area contributed by atoms with Crippen LogP contribution in [0.25, 0.3) is 0 Å². The fraction of sp³-hybridized carbons (Fsp3) is 0.188. The van der Waals surface area contributed by atoms with Gasteiger partial charge in [0.2, 0.25) is 0 Å². The number of carbonyl (C=O) groups is 1. The molecule has 2 aromatic carbocycles. The lowest BCUT2D eigenvalue weighted by Crippen LogP contribution is -2.22. The molecule has 2 rings (SSSR count). The van der Waals surface area contributed by atoms with Crippen LogP contribution < -0.4 is 20.7 Å². The molecule has 0 bridgehead atoms. The van der Waals surface area contributed by atoms with Crippen LogP contribution in [0.4, 0.5) is 17.1 Å². The number of anilines is 3. The van der Waals surface area contributed by atoms with Gasteiger partial charge in [0.15, 0.2) is 6.61 Å². The lowest BCUT2D eigenvalue weighted by molar-refractivity contribution is -0.118. The van der Waals surface area contributed by atoms with Gasteiger partial charge in [0.1, 0.15) is 5.75 Å². The van der Waals surface area contributed by atoms with Gasteiger partial charge < -0.3 is 20.7 Å². The maximum absolute atomic E-state index is 11.9. The minimum atomic E-state index is -0.207. The SMILES string of the molecule is CN(C)c1ccccc1NC(=O)COc1ccc(N)cc1. The maximum atomic E-state index is 11.9. The second-order valence-electron chi connectivity index (χ2n) is 4.82. The summed E-state index contributed by atoms with van der Waals surface area (Å²) in [5.74, 6) is 0.404. The van der Waals surface area contributed by atoms with Crippen molar-refractivity contribution >= 4 is 23.0 Å². The van der Waals surface area contributed by atoms with Crippen LogP contribution >= 0.6 is 0 Å². The quantitative estimate of drug-likeness (QED) is 0.828. The summed E-state index contributed by atoms with van der Waals surface area (Å²) in [4.78, 5) is 13.9. The normalized spacial score (nSPS) is 10.0. The third-order valence-electron chi connectivity index (χ3n) is 2.91. The topological polar surface area (TPSA) is 67.6 Å². The lowest BCUT2D eigenvalue weighted by atomic mass is 10.2. The van der Waals surface area contributed by atoms with Crippen molar-refractivity contribution < 1.29 is 9.53 Å². The number of rotatable bonds is 5. The number of amides is 1. The molecule has 1 amide bonds. The molecule has 0 aliphatic rings. The molecule has 0 aromatic heterocycles. The van der Waals surface area contributed by atoms with E-state index in [0.29, 0.717) is 11.4 Å². The molecule has 5 nitrogen and oxygen atoms in total. The largest absolute Gasteiger partial charge is 0.484 e. The Morgan fingerprint density at radius 2 is 1.81 bits per heavy atom. The van der Waals surface area contributed by atoms with E-state index in [1.165, 1.54) is 0 Å². The summed E-state index contributed by atoms with van der Waals surface area (Å²) in [6, 6.07) is 14.5. The molecule has 2 aromatic rings. The fourth-order valence-electron chi connectivity index (χ4n) is 1.87. The van der Waals surface area contributed by atoms with Crippen LogP contribution in [-0.2, 0) is 4.79 Å². The first-order valence-electron chi connectivity index (χ1n) is 6.61. The number of nitrogen functional groups attached to an aromatic ring is 1. The number of hydrogen-bond acceptors (Lipinski definition) is 4. The van der Waals surface area contributed by atoms with Crippen molar-refractivity contribution in [3.05, 3.63) is 48.5 Å². The van der Waals surface area contributed by atoms with E-state index in [2.05, 4.69) is 5.32 Å². The first-order valence-corrected chi connectivity index (χ1v) is 6.61. The third kappa shape index (κ3) is 4.14. The Labute approximate surface area is 124 Å². The van der Waals surface area contributed by atoms with Gasteiger partial charge in [-0.1, -0.05) is 12.1 Å². The fourth-order valence-corrected chi connectivity index (χ4v) is 1.87. The Kier molecular flexibility index (Phi) is 4.66. The Hall–Kier alpha value is -2.69. The summed E-state index contributed by atoms with van der Waals surface area (Å²) in [5.41, 5.74) is 7.95. The summed E-state index contributed by atoms with van der Waals surface area (Å²) in [6.07, 6.45) is 0. The van der Waals surface area contributed by atoms with Gasteiger partial charge in [0.25, 0.3) is 5.91 Å². The van der Waals surface area contributed by atoms with Crippen molar-refractivity contribution in [2.75, 3.05) is 36.7 Å². The van der Waals surface area contributed by atoms with Crippen LogP contribution in [0.1, 0.15) is 0 Å². The molecule has 0 atom stereocenters. The van der Waals surface area contributed by atoms with Crippen molar-refractivity contribution in [3.63, 3.8) is 0 Å². The monoisotopic (exact) mass is 285 g/mol. The molecular weight excluding hydrogens is 266 g/mol.